The van der Waals surface area contributed by atoms with E-state index in [1.807, 2.05) is 0 Å². The lowest BCUT2D eigenvalue weighted by Gasteiger charge is -2.32. The van der Waals surface area contributed by atoms with Crippen LogP contribution in [0.3, 0.4) is 0 Å². The Morgan fingerprint density at radius 2 is 2.05 bits per heavy atom. The molecule has 0 radical (unpaired) electrons. The molecule has 2 aliphatic rings. The molecule has 0 aromatic rings. The van der Waals surface area contributed by atoms with Crippen LogP contribution in [0.4, 0.5) is 0 Å². The molecule has 0 aromatic heterocycles. The Balaban J connectivity index is 2.18. The molecule has 0 spiro atoms. The Hall–Kier alpha value is -1.79. The smallest absolute Gasteiger partial charge is 0.236 e. The van der Waals surface area contributed by atoms with Crippen LogP contribution in [-0.4, -0.2) is 47.4 Å². The SMILES string of the molecule is NC(=NO)C1(C(=O)N2CCNC(=O)CC2)CCCC1. The minimum Gasteiger partial charge on any atom is -0.409 e. The van der Waals surface area contributed by atoms with Crippen LogP contribution in [0.2, 0.25) is 0 Å². The molecule has 0 bridgehead atoms. The van der Waals surface area contributed by atoms with Crippen LogP contribution in [0, 0.1) is 5.41 Å². The first kappa shape index (κ1) is 13.6. The van der Waals surface area contributed by atoms with Gasteiger partial charge < -0.3 is 21.2 Å². The lowest BCUT2D eigenvalue weighted by molar-refractivity contribution is -0.138. The maximum atomic E-state index is 12.7. The van der Waals surface area contributed by atoms with Crippen LogP contribution in [-0.2, 0) is 9.59 Å². The molecule has 1 saturated carbocycles. The van der Waals surface area contributed by atoms with Crippen LogP contribution >= 0.6 is 0 Å². The second kappa shape index (κ2) is 5.46. The normalized spacial score (nSPS) is 23.9. The Morgan fingerprint density at radius 3 is 2.68 bits per heavy atom. The Kier molecular flexibility index (Phi) is 3.92. The molecule has 7 heteroatoms. The second-order valence-corrected chi connectivity index (χ2v) is 5.17. The zero-order chi connectivity index (χ0) is 13.9. The summed E-state index contributed by atoms with van der Waals surface area (Å²) in [6.07, 6.45) is 3.32. The van der Waals surface area contributed by atoms with Gasteiger partial charge in [0.1, 0.15) is 5.41 Å². The highest BCUT2D eigenvalue weighted by Gasteiger charge is 2.47. The predicted octanol–water partition coefficient (Wildman–Crippen LogP) is -0.358. The van der Waals surface area contributed by atoms with E-state index in [-0.39, 0.29) is 17.6 Å². The molecule has 2 amide bonds. The van der Waals surface area contributed by atoms with Gasteiger partial charge in [-0.25, -0.2) is 0 Å². The van der Waals surface area contributed by atoms with Crippen LogP contribution in [0.5, 0.6) is 0 Å². The lowest BCUT2D eigenvalue weighted by Crippen LogP contribution is -2.50. The minimum atomic E-state index is -0.873. The monoisotopic (exact) mass is 268 g/mol. The third-order valence-corrected chi connectivity index (χ3v) is 4.06. The number of hydrogen-bond acceptors (Lipinski definition) is 4. The summed E-state index contributed by atoms with van der Waals surface area (Å²) in [6, 6.07) is 0. The minimum absolute atomic E-state index is 0.00136. The Morgan fingerprint density at radius 1 is 1.37 bits per heavy atom. The molecule has 2 rings (SSSR count). The fourth-order valence-electron chi connectivity index (χ4n) is 2.93. The van der Waals surface area contributed by atoms with E-state index >= 15 is 0 Å². The van der Waals surface area contributed by atoms with Gasteiger partial charge in [0.15, 0.2) is 5.84 Å². The van der Waals surface area contributed by atoms with Crippen molar-refractivity contribution in [3.05, 3.63) is 0 Å². The molecular weight excluding hydrogens is 248 g/mol. The Labute approximate surface area is 111 Å². The average Bonchev–Trinajstić information content (AvgIpc) is 2.82. The zero-order valence-corrected chi connectivity index (χ0v) is 10.9. The summed E-state index contributed by atoms with van der Waals surface area (Å²) < 4.78 is 0. The topological polar surface area (TPSA) is 108 Å². The number of rotatable bonds is 2. The molecule has 19 heavy (non-hydrogen) atoms. The van der Waals surface area contributed by atoms with Gasteiger partial charge in [-0.15, -0.1) is 0 Å². The predicted molar refractivity (Wildman–Crippen MR) is 68.5 cm³/mol. The fraction of sp³-hybridized carbons (Fsp3) is 0.750. The zero-order valence-electron chi connectivity index (χ0n) is 10.9. The second-order valence-electron chi connectivity index (χ2n) is 5.17. The van der Waals surface area contributed by atoms with E-state index < -0.39 is 5.41 Å². The molecule has 1 heterocycles. The first-order chi connectivity index (χ1) is 9.10. The van der Waals surface area contributed by atoms with Crippen LogP contribution in [0.25, 0.3) is 0 Å². The maximum absolute atomic E-state index is 12.7. The van der Waals surface area contributed by atoms with Gasteiger partial charge in [-0.05, 0) is 12.8 Å². The molecule has 0 unspecified atom stereocenters. The number of carbonyl (C=O) groups is 2. The van der Waals surface area contributed by atoms with E-state index in [1.54, 1.807) is 4.90 Å². The first-order valence-electron chi connectivity index (χ1n) is 6.64. The maximum Gasteiger partial charge on any atom is 0.236 e. The molecule has 0 aromatic carbocycles. The van der Waals surface area contributed by atoms with Gasteiger partial charge in [-0.1, -0.05) is 18.0 Å². The summed E-state index contributed by atoms with van der Waals surface area (Å²) in [6.45, 7) is 1.33. The van der Waals surface area contributed by atoms with E-state index in [2.05, 4.69) is 10.5 Å². The average molecular weight is 268 g/mol. The van der Waals surface area contributed by atoms with Crippen molar-refractivity contribution in [1.82, 2.24) is 10.2 Å². The molecule has 0 atom stereocenters. The van der Waals surface area contributed by atoms with Crippen molar-refractivity contribution in [2.75, 3.05) is 19.6 Å². The highest BCUT2D eigenvalue weighted by Crippen LogP contribution is 2.40. The number of hydrogen-bond donors (Lipinski definition) is 3. The van der Waals surface area contributed by atoms with Gasteiger partial charge in [0, 0.05) is 26.1 Å². The summed E-state index contributed by atoms with van der Waals surface area (Å²) in [5, 5.41) is 14.7. The van der Waals surface area contributed by atoms with Crippen LogP contribution < -0.4 is 11.1 Å². The summed E-state index contributed by atoms with van der Waals surface area (Å²) in [4.78, 5) is 25.7. The quantitative estimate of drug-likeness (QED) is 0.275. The van der Waals surface area contributed by atoms with Crippen LogP contribution in [0.1, 0.15) is 32.1 Å². The number of nitrogens with two attached hydrogens (primary N) is 1. The molecule has 4 N–H and O–H groups in total. The van der Waals surface area contributed by atoms with E-state index in [0.29, 0.717) is 38.9 Å². The molecule has 1 aliphatic heterocycles. The van der Waals surface area contributed by atoms with Gasteiger partial charge in [0.25, 0.3) is 0 Å². The molecule has 1 aliphatic carbocycles. The fourth-order valence-corrected chi connectivity index (χ4v) is 2.93. The largest absolute Gasteiger partial charge is 0.409 e. The van der Waals surface area contributed by atoms with E-state index in [4.69, 9.17) is 10.9 Å². The van der Waals surface area contributed by atoms with Crippen molar-refractivity contribution >= 4 is 17.6 Å². The van der Waals surface area contributed by atoms with Gasteiger partial charge in [0.05, 0.1) is 0 Å². The van der Waals surface area contributed by atoms with Crippen molar-refractivity contribution in [3.8, 4) is 0 Å². The molecule has 1 saturated heterocycles. The highest BCUT2D eigenvalue weighted by atomic mass is 16.4. The van der Waals surface area contributed by atoms with Crippen molar-refractivity contribution in [2.45, 2.75) is 32.1 Å². The summed E-state index contributed by atoms with van der Waals surface area (Å²) >= 11 is 0. The van der Waals surface area contributed by atoms with E-state index in [9.17, 15) is 9.59 Å². The number of carbonyl (C=O) groups excluding carboxylic acids is 2. The molecule has 106 valence electrons. The van der Waals surface area contributed by atoms with Gasteiger partial charge in [-0.2, -0.15) is 0 Å². The summed E-state index contributed by atoms with van der Waals surface area (Å²) in [7, 11) is 0. The number of nitrogens with one attached hydrogen (secondary N) is 1. The molecule has 7 nitrogen and oxygen atoms in total. The standard InChI is InChI=1S/C12H20N4O3/c13-10(15-19)12(4-1-2-5-12)11(18)16-7-3-9(17)14-6-8-16/h19H,1-8H2,(H2,13,15)(H,14,17). The highest BCUT2D eigenvalue weighted by molar-refractivity contribution is 6.07. The third kappa shape index (κ3) is 2.50. The van der Waals surface area contributed by atoms with Gasteiger partial charge in [-0.3, -0.25) is 9.59 Å². The molecule has 2 fully saturated rings. The van der Waals surface area contributed by atoms with Crippen molar-refractivity contribution in [3.63, 3.8) is 0 Å². The molecular formula is C12H20N4O3. The summed E-state index contributed by atoms with van der Waals surface area (Å²) in [5.74, 6) is -0.157. The van der Waals surface area contributed by atoms with Gasteiger partial charge in [0.2, 0.25) is 11.8 Å². The number of amidine groups is 1. The number of oxime groups is 1. The Bertz CT molecular complexity index is 402. The third-order valence-electron chi connectivity index (χ3n) is 4.06. The van der Waals surface area contributed by atoms with Crippen molar-refractivity contribution in [2.24, 2.45) is 16.3 Å². The number of amides is 2. The first-order valence-corrected chi connectivity index (χ1v) is 6.64. The van der Waals surface area contributed by atoms with Crippen molar-refractivity contribution in [1.29, 1.82) is 0 Å². The van der Waals surface area contributed by atoms with Crippen molar-refractivity contribution < 1.29 is 14.8 Å². The van der Waals surface area contributed by atoms with E-state index in [0.717, 1.165) is 12.8 Å². The number of nitrogens with zero attached hydrogens (tertiary/aromatic N) is 2. The van der Waals surface area contributed by atoms with E-state index in [1.165, 1.54) is 0 Å². The van der Waals surface area contributed by atoms with Crippen LogP contribution in [0.15, 0.2) is 5.16 Å². The summed E-state index contributed by atoms with van der Waals surface area (Å²) in [5.41, 5.74) is 4.88. The lowest BCUT2D eigenvalue weighted by atomic mass is 9.83. The van der Waals surface area contributed by atoms with Gasteiger partial charge >= 0.3 is 0 Å².